The second-order valence-corrected chi connectivity index (χ2v) is 7.17. The maximum absolute atomic E-state index is 12.3. The first-order chi connectivity index (χ1) is 9.11. The van der Waals surface area contributed by atoms with Crippen molar-refractivity contribution in [3.8, 4) is 0 Å². The van der Waals surface area contributed by atoms with E-state index < -0.39 is 0 Å². The number of rotatable bonds is 4. The molecule has 2 unspecified atom stereocenters. The van der Waals surface area contributed by atoms with E-state index in [4.69, 9.17) is 5.73 Å². The first-order valence-electron chi connectivity index (χ1n) is 6.59. The van der Waals surface area contributed by atoms with Crippen molar-refractivity contribution in [2.24, 2.45) is 0 Å². The highest BCUT2D eigenvalue weighted by Crippen LogP contribution is 2.30. The highest BCUT2D eigenvalue weighted by Gasteiger charge is 2.28. The molecule has 1 fully saturated rings. The van der Waals surface area contributed by atoms with Gasteiger partial charge in [-0.05, 0) is 36.8 Å². The molecule has 2 rings (SSSR count). The van der Waals surface area contributed by atoms with Gasteiger partial charge in [-0.25, -0.2) is 0 Å². The fraction of sp³-hybridized carbons (Fsp3) is 0.500. The molecule has 1 saturated carbocycles. The van der Waals surface area contributed by atoms with Crippen LogP contribution in [0.2, 0.25) is 0 Å². The van der Waals surface area contributed by atoms with Gasteiger partial charge in [0.1, 0.15) is 0 Å². The van der Waals surface area contributed by atoms with E-state index in [2.05, 4.69) is 28.2 Å². The number of carbonyl (C=O) groups excluding carboxylic acids is 1. The zero-order chi connectivity index (χ0) is 13.8. The van der Waals surface area contributed by atoms with Crippen LogP contribution in [0.1, 0.15) is 36.5 Å². The van der Waals surface area contributed by atoms with Gasteiger partial charge in [0.25, 0.3) is 5.91 Å². The molecule has 1 amide bonds. The monoisotopic (exact) mass is 342 g/mol. The van der Waals surface area contributed by atoms with Crippen molar-refractivity contribution < 1.29 is 4.79 Å². The van der Waals surface area contributed by atoms with Gasteiger partial charge in [0.15, 0.2) is 0 Å². The summed E-state index contributed by atoms with van der Waals surface area (Å²) in [6.45, 7) is 2.16. The van der Waals surface area contributed by atoms with Crippen molar-refractivity contribution in [3.63, 3.8) is 0 Å². The molecule has 0 radical (unpaired) electrons. The maximum Gasteiger partial charge on any atom is 0.253 e. The van der Waals surface area contributed by atoms with Crippen LogP contribution in [0.15, 0.2) is 22.7 Å². The van der Waals surface area contributed by atoms with Gasteiger partial charge in [-0.2, -0.15) is 11.8 Å². The Hall–Kier alpha value is -0.680. The van der Waals surface area contributed by atoms with Crippen LogP contribution < -0.4 is 11.1 Å². The normalized spacial score (nSPS) is 22.4. The molecule has 0 saturated heterocycles. The number of amides is 1. The Kier molecular flexibility index (Phi) is 5.16. The molecule has 2 atom stereocenters. The Morgan fingerprint density at radius 3 is 3.00 bits per heavy atom. The average Bonchev–Trinajstić information content (AvgIpc) is 2.77. The number of hydrogen-bond donors (Lipinski definition) is 2. The molecule has 1 aromatic rings. The summed E-state index contributed by atoms with van der Waals surface area (Å²) in [7, 11) is 0. The largest absolute Gasteiger partial charge is 0.398 e. The average molecular weight is 343 g/mol. The van der Waals surface area contributed by atoms with Gasteiger partial charge < -0.3 is 11.1 Å². The van der Waals surface area contributed by atoms with E-state index in [1.54, 1.807) is 12.1 Å². The number of halogens is 1. The predicted octanol–water partition coefficient (Wildman–Crippen LogP) is 3.44. The lowest BCUT2D eigenvalue weighted by atomic mass is 10.1. The lowest BCUT2D eigenvalue weighted by Crippen LogP contribution is -2.39. The molecular weight excluding hydrogens is 324 g/mol. The van der Waals surface area contributed by atoms with Crippen molar-refractivity contribution in [1.82, 2.24) is 5.32 Å². The van der Waals surface area contributed by atoms with Crippen LogP contribution in [-0.4, -0.2) is 23.0 Å². The number of hydrogen-bond acceptors (Lipinski definition) is 3. The van der Waals surface area contributed by atoms with Crippen molar-refractivity contribution >= 4 is 39.3 Å². The molecular formula is C14H19BrN2OS. The maximum atomic E-state index is 12.3. The summed E-state index contributed by atoms with van der Waals surface area (Å²) >= 11 is 5.29. The van der Waals surface area contributed by atoms with Gasteiger partial charge >= 0.3 is 0 Å². The Morgan fingerprint density at radius 2 is 2.32 bits per heavy atom. The van der Waals surface area contributed by atoms with E-state index in [0.29, 0.717) is 16.5 Å². The number of nitrogen functional groups attached to an aromatic ring is 1. The number of nitrogens with one attached hydrogen (secondary N) is 1. The molecule has 1 aromatic carbocycles. The molecule has 1 aliphatic rings. The molecule has 0 heterocycles. The Balaban J connectivity index is 2.04. The van der Waals surface area contributed by atoms with E-state index in [0.717, 1.165) is 16.6 Å². The van der Waals surface area contributed by atoms with Crippen LogP contribution >= 0.6 is 27.7 Å². The molecule has 3 nitrogen and oxygen atoms in total. The highest BCUT2D eigenvalue weighted by atomic mass is 79.9. The summed E-state index contributed by atoms with van der Waals surface area (Å²) in [5.74, 6) is 1.04. The predicted molar refractivity (Wildman–Crippen MR) is 85.6 cm³/mol. The third-order valence-electron chi connectivity index (χ3n) is 3.41. The Bertz CT molecular complexity index is 467. The van der Waals surface area contributed by atoms with E-state index >= 15 is 0 Å². The SMILES string of the molecule is CCSC1CCCC1NC(=O)c1ccc(Br)cc1N. The third kappa shape index (κ3) is 3.66. The summed E-state index contributed by atoms with van der Waals surface area (Å²) in [5, 5.41) is 3.68. The van der Waals surface area contributed by atoms with E-state index in [1.165, 1.54) is 12.8 Å². The molecule has 0 aromatic heterocycles. The summed E-state index contributed by atoms with van der Waals surface area (Å²) in [4.78, 5) is 12.3. The minimum absolute atomic E-state index is 0.0568. The second kappa shape index (κ2) is 6.66. The van der Waals surface area contributed by atoms with Crippen molar-refractivity contribution in [3.05, 3.63) is 28.2 Å². The smallest absolute Gasteiger partial charge is 0.253 e. The quantitative estimate of drug-likeness (QED) is 0.824. The van der Waals surface area contributed by atoms with E-state index in [1.807, 2.05) is 17.8 Å². The molecule has 0 spiro atoms. The highest BCUT2D eigenvalue weighted by molar-refractivity contribution is 9.10. The zero-order valence-electron chi connectivity index (χ0n) is 11.0. The van der Waals surface area contributed by atoms with Crippen LogP contribution in [0, 0.1) is 0 Å². The summed E-state index contributed by atoms with van der Waals surface area (Å²) in [6, 6.07) is 5.66. The van der Waals surface area contributed by atoms with Gasteiger partial charge in [-0.1, -0.05) is 29.3 Å². The summed E-state index contributed by atoms with van der Waals surface area (Å²) < 4.78 is 0.891. The third-order valence-corrected chi connectivity index (χ3v) is 5.23. The van der Waals surface area contributed by atoms with Crippen molar-refractivity contribution in [1.29, 1.82) is 0 Å². The number of benzene rings is 1. The molecule has 0 bridgehead atoms. The molecule has 19 heavy (non-hydrogen) atoms. The van der Waals surface area contributed by atoms with Crippen LogP contribution in [0.5, 0.6) is 0 Å². The van der Waals surface area contributed by atoms with Gasteiger partial charge in [0.2, 0.25) is 0 Å². The molecule has 0 aliphatic heterocycles. The summed E-state index contributed by atoms with van der Waals surface area (Å²) in [5.41, 5.74) is 6.98. The lowest BCUT2D eigenvalue weighted by molar-refractivity contribution is 0.0939. The number of nitrogens with two attached hydrogens (primary N) is 1. The van der Waals surface area contributed by atoms with Gasteiger partial charge in [0, 0.05) is 21.5 Å². The minimum atomic E-state index is -0.0568. The number of thioether (sulfide) groups is 1. The lowest BCUT2D eigenvalue weighted by Gasteiger charge is -2.20. The molecule has 3 N–H and O–H groups in total. The van der Waals surface area contributed by atoms with Crippen molar-refractivity contribution in [2.75, 3.05) is 11.5 Å². The Labute approximate surface area is 126 Å². The first kappa shape index (κ1) is 14.7. The zero-order valence-corrected chi connectivity index (χ0v) is 13.4. The van der Waals surface area contributed by atoms with Gasteiger partial charge in [-0.3, -0.25) is 4.79 Å². The fourth-order valence-electron chi connectivity index (χ4n) is 2.49. The van der Waals surface area contributed by atoms with Crippen LogP contribution in [-0.2, 0) is 0 Å². The summed E-state index contributed by atoms with van der Waals surface area (Å²) in [6.07, 6.45) is 3.46. The Morgan fingerprint density at radius 1 is 1.53 bits per heavy atom. The van der Waals surface area contributed by atoms with Gasteiger partial charge in [-0.15, -0.1) is 0 Å². The molecule has 5 heteroatoms. The number of carbonyl (C=O) groups is 1. The fourth-order valence-corrected chi connectivity index (χ4v) is 4.07. The van der Waals surface area contributed by atoms with Crippen LogP contribution in [0.4, 0.5) is 5.69 Å². The van der Waals surface area contributed by atoms with Crippen LogP contribution in [0.25, 0.3) is 0 Å². The van der Waals surface area contributed by atoms with Crippen molar-refractivity contribution in [2.45, 2.75) is 37.5 Å². The van der Waals surface area contributed by atoms with E-state index in [-0.39, 0.29) is 11.9 Å². The minimum Gasteiger partial charge on any atom is -0.398 e. The van der Waals surface area contributed by atoms with E-state index in [9.17, 15) is 4.79 Å². The first-order valence-corrected chi connectivity index (χ1v) is 8.43. The van der Waals surface area contributed by atoms with Crippen LogP contribution in [0.3, 0.4) is 0 Å². The topological polar surface area (TPSA) is 55.1 Å². The number of anilines is 1. The van der Waals surface area contributed by atoms with Gasteiger partial charge in [0.05, 0.1) is 5.56 Å². The molecule has 1 aliphatic carbocycles. The standard InChI is InChI=1S/C14H19BrN2OS/c1-2-19-13-5-3-4-12(13)17-14(18)10-7-6-9(15)8-11(10)16/h6-8,12-13H,2-5,16H2,1H3,(H,17,18). The second-order valence-electron chi connectivity index (χ2n) is 4.74. The molecule has 104 valence electrons.